The number of nitrogens with zero attached hydrogens (tertiary/aromatic N) is 2. The summed E-state index contributed by atoms with van der Waals surface area (Å²) in [6, 6.07) is 0. The lowest BCUT2D eigenvalue weighted by Crippen LogP contribution is -2.37. The van der Waals surface area contributed by atoms with Crippen LogP contribution in [-0.4, -0.2) is 30.4 Å². The van der Waals surface area contributed by atoms with E-state index in [9.17, 15) is 4.79 Å². The zero-order valence-electron chi connectivity index (χ0n) is 10.1. The van der Waals surface area contributed by atoms with Crippen molar-refractivity contribution in [3.63, 3.8) is 0 Å². The third kappa shape index (κ3) is 6.94. The highest BCUT2D eigenvalue weighted by atomic mass is 16.2. The Bertz CT molecular complexity index is 214. The van der Waals surface area contributed by atoms with Crippen LogP contribution in [-0.2, 0) is 4.79 Å². The highest BCUT2D eigenvalue weighted by Crippen LogP contribution is 2.02. The molecule has 0 aliphatic carbocycles. The van der Waals surface area contributed by atoms with Crippen LogP contribution in [0.2, 0.25) is 0 Å². The summed E-state index contributed by atoms with van der Waals surface area (Å²) in [6.45, 7) is 4.38. The molecule has 0 aromatic carbocycles. The van der Waals surface area contributed by atoms with Gasteiger partial charge in [-0.05, 0) is 6.42 Å². The number of hydrogen-bond acceptors (Lipinski definition) is 2. The van der Waals surface area contributed by atoms with Crippen molar-refractivity contribution in [2.45, 2.75) is 46.0 Å². The molecule has 0 atom stereocenters. The van der Waals surface area contributed by atoms with E-state index >= 15 is 0 Å². The molecule has 0 aliphatic heterocycles. The Balaban J connectivity index is 3.62. The van der Waals surface area contributed by atoms with E-state index in [0.717, 1.165) is 6.42 Å². The summed E-state index contributed by atoms with van der Waals surface area (Å²) in [4.78, 5) is 16.4. The van der Waals surface area contributed by atoms with E-state index in [1.54, 1.807) is 7.05 Å². The van der Waals surface area contributed by atoms with Crippen LogP contribution in [0.25, 0.3) is 0 Å². The maximum absolute atomic E-state index is 10.9. The van der Waals surface area contributed by atoms with Gasteiger partial charge < -0.3 is 5.73 Å². The van der Waals surface area contributed by atoms with Gasteiger partial charge in [-0.25, -0.2) is 0 Å². The lowest BCUT2D eigenvalue weighted by Gasteiger charge is -2.12. The van der Waals surface area contributed by atoms with Crippen LogP contribution < -0.4 is 5.73 Å². The maximum atomic E-state index is 10.9. The Morgan fingerprint density at radius 1 is 1.27 bits per heavy atom. The number of nitrogens with two attached hydrogens (primary N) is 1. The van der Waals surface area contributed by atoms with Crippen molar-refractivity contribution in [1.82, 2.24) is 4.90 Å². The molecule has 0 fully saturated rings. The van der Waals surface area contributed by atoms with Gasteiger partial charge in [0.15, 0.2) is 5.96 Å². The van der Waals surface area contributed by atoms with Crippen molar-refractivity contribution in [2.75, 3.05) is 13.6 Å². The van der Waals surface area contributed by atoms with Crippen molar-refractivity contribution in [3.05, 3.63) is 0 Å². The number of amides is 1. The summed E-state index contributed by atoms with van der Waals surface area (Å²) in [6.07, 6.45) is 6.03. The first-order chi connectivity index (χ1) is 7.09. The highest BCUT2D eigenvalue weighted by molar-refractivity contribution is 5.94. The van der Waals surface area contributed by atoms with Crippen LogP contribution >= 0.6 is 0 Å². The number of rotatable bonds is 6. The van der Waals surface area contributed by atoms with E-state index < -0.39 is 0 Å². The van der Waals surface area contributed by atoms with Crippen LogP contribution in [0.15, 0.2) is 4.99 Å². The first-order valence-corrected chi connectivity index (χ1v) is 5.63. The molecule has 0 bridgehead atoms. The number of carbonyl (C=O) groups excluding carboxylic acids is 1. The topological polar surface area (TPSA) is 58.7 Å². The summed E-state index contributed by atoms with van der Waals surface area (Å²) >= 11 is 0. The fourth-order valence-corrected chi connectivity index (χ4v) is 1.18. The molecule has 2 N–H and O–H groups in total. The molecule has 0 unspecified atom stereocenters. The Hall–Kier alpha value is -1.06. The number of carbonyl (C=O) groups is 1. The average Bonchev–Trinajstić information content (AvgIpc) is 2.21. The predicted molar refractivity (Wildman–Crippen MR) is 63.7 cm³/mol. The van der Waals surface area contributed by atoms with E-state index in [0.29, 0.717) is 12.5 Å². The zero-order chi connectivity index (χ0) is 11.7. The summed E-state index contributed by atoms with van der Waals surface area (Å²) in [5, 5.41) is 0. The van der Waals surface area contributed by atoms with Gasteiger partial charge in [0, 0.05) is 20.5 Å². The van der Waals surface area contributed by atoms with Crippen LogP contribution in [0, 0.1) is 0 Å². The molecule has 0 rings (SSSR count). The Kier molecular flexibility index (Phi) is 7.68. The average molecular weight is 213 g/mol. The Morgan fingerprint density at radius 2 is 1.87 bits per heavy atom. The lowest BCUT2D eigenvalue weighted by atomic mass is 10.2. The minimum atomic E-state index is -0.0813. The van der Waals surface area contributed by atoms with Gasteiger partial charge in [-0.3, -0.25) is 14.7 Å². The van der Waals surface area contributed by atoms with Gasteiger partial charge in [-0.2, -0.15) is 0 Å². The molecule has 0 saturated carbocycles. The minimum absolute atomic E-state index is 0.0813. The zero-order valence-corrected chi connectivity index (χ0v) is 10.1. The molecular formula is C11H23N3O. The quantitative estimate of drug-likeness (QED) is 0.415. The summed E-state index contributed by atoms with van der Waals surface area (Å²) < 4.78 is 0. The maximum Gasteiger partial charge on any atom is 0.225 e. The van der Waals surface area contributed by atoms with E-state index in [4.69, 9.17) is 5.73 Å². The first-order valence-electron chi connectivity index (χ1n) is 5.63. The second kappa shape index (κ2) is 8.26. The molecule has 88 valence electrons. The molecule has 0 aliphatic rings. The molecule has 0 aromatic rings. The normalized spacial score (nSPS) is 11.5. The number of unbranched alkanes of at least 4 members (excludes halogenated alkanes) is 4. The largest absolute Gasteiger partial charge is 0.369 e. The number of guanidine groups is 1. The van der Waals surface area contributed by atoms with E-state index in [2.05, 4.69) is 11.9 Å². The molecule has 15 heavy (non-hydrogen) atoms. The number of hydrogen-bond donors (Lipinski definition) is 1. The van der Waals surface area contributed by atoms with Crippen LogP contribution in [0.4, 0.5) is 0 Å². The standard InChI is InChI=1S/C11H23N3O/c1-4-5-6-7-8-9-13-11(12)14(3)10(2)15/h4-9H2,1-3H3,(H2,12,13). The third-order valence-corrected chi connectivity index (χ3v) is 2.35. The van der Waals surface area contributed by atoms with Gasteiger partial charge in [-0.1, -0.05) is 32.6 Å². The second-order valence-corrected chi connectivity index (χ2v) is 3.73. The summed E-state index contributed by atoms with van der Waals surface area (Å²) in [5.74, 6) is 0.236. The molecule has 1 amide bonds. The second-order valence-electron chi connectivity index (χ2n) is 3.73. The van der Waals surface area contributed by atoms with Gasteiger partial charge in [0.05, 0.1) is 0 Å². The molecule has 0 radical (unpaired) electrons. The van der Waals surface area contributed by atoms with Crippen LogP contribution in [0.1, 0.15) is 46.0 Å². The summed E-state index contributed by atoms with van der Waals surface area (Å²) in [7, 11) is 1.64. The molecule has 0 spiro atoms. The number of aliphatic imine (C=N–C) groups is 1. The molecule has 4 nitrogen and oxygen atoms in total. The van der Waals surface area contributed by atoms with Gasteiger partial charge in [0.2, 0.25) is 5.91 Å². The first kappa shape index (κ1) is 13.9. The van der Waals surface area contributed by atoms with Gasteiger partial charge in [-0.15, -0.1) is 0 Å². The van der Waals surface area contributed by atoms with Gasteiger partial charge in [0.1, 0.15) is 0 Å². The van der Waals surface area contributed by atoms with E-state index in [-0.39, 0.29) is 5.91 Å². The van der Waals surface area contributed by atoms with Crippen molar-refractivity contribution < 1.29 is 4.79 Å². The fourth-order valence-electron chi connectivity index (χ4n) is 1.18. The van der Waals surface area contributed by atoms with Crippen molar-refractivity contribution in [1.29, 1.82) is 0 Å². The molecule has 0 saturated heterocycles. The minimum Gasteiger partial charge on any atom is -0.369 e. The molecular weight excluding hydrogens is 190 g/mol. The van der Waals surface area contributed by atoms with Gasteiger partial charge >= 0.3 is 0 Å². The molecule has 4 heteroatoms. The molecule has 0 aromatic heterocycles. The third-order valence-electron chi connectivity index (χ3n) is 2.35. The van der Waals surface area contributed by atoms with E-state index in [1.807, 2.05) is 0 Å². The monoisotopic (exact) mass is 213 g/mol. The van der Waals surface area contributed by atoms with Gasteiger partial charge in [0.25, 0.3) is 0 Å². The SMILES string of the molecule is CCCCCCCN=C(N)N(C)C(C)=O. The molecule has 0 heterocycles. The lowest BCUT2D eigenvalue weighted by molar-refractivity contribution is -0.124. The Labute approximate surface area is 92.5 Å². The van der Waals surface area contributed by atoms with Crippen LogP contribution in [0.5, 0.6) is 0 Å². The predicted octanol–water partition coefficient (Wildman–Crippen LogP) is 1.75. The van der Waals surface area contributed by atoms with Crippen molar-refractivity contribution in [3.8, 4) is 0 Å². The smallest absolute Gasteiger partial charge is 0.225 e. The highest BCUT2D eigenvalue weighted by Gasteiger charge is 2.04. The van der Waals surface area contributed by atoms with E-state index in [1.165, 1.54) is 37.5 Å². The van der Waals surface area contributed by atoms with Crippen molar-refractivity contribution >= 4 is 11.9 Å². The van der Waals surface area contributed by atoms with Crippen LogP contribution in [0.3, 0.4) is 0 Å². The fraction of sp³-hybridized carbons (Fsp3) is 0.818. The summed E-state index contributed by atoms with van der Waals surface area (Å²) in [5.41, 5.74) is 5.61. The Morgan fingerprint density at radius 3 is 2.40 bits per heavy atom. The van der Waals surface area contributed by atoms with Crippen molar-refractivity contribution in [2.24, 2.45) is 10.7 Å².